The van der Waals surface area contributed by atoms with Crippen LogP contribution in [0.3, 0.4) is 0 Å². The lowest BCUT2D eigenvalue weighted by molar-refractivity contribution is -0.121. The Kier molecular flexibility index (Phi) is 8.31. The summed E-state index contributed by atoms with van der Waals surface area (Å²) in [7, 11) is -3.55. The first kappa shape index (κ1) is 24.3. The lowest BCUT2D eigenvalue weighted by Crippen LogP contribution is -2.40. The second kappa shape index (κ2) is 11.0. The number of carbonyl (C=O) groups excluding carboxylic acids is 1. The fourth-order valence-corrected chi connectivity index (χ4v) is 4.14. The molecule has 3 rings (SSSR count). The van der Waals surface area contributed by atoms with Crippen LogP contribution in [-0.4, -0.2) is 49.5 Å². The van der Waals surface area contributed by atoms with E-state index < -0.39 is 10.0 Å². The number of hydrogen-bond acceptors (Lipinski definition) is 5. The van der Waals surface area contributed by atoms with Crippen LogP contribution in [0.15, 0.2) is 54.7 Å². The molecule has 0 bridgehead atoms. The summed E-state index contributed by atoms with van der Waals surface area (Å²) in [4.78, 5) is 16.6. The Bertz CT molecular complexity index is 1190. The van der Waals surface area contributed by atoms with Gasteiger partial charge in [-0.3, -0.25) is 9.78 Å². The number of aromatic nitrogens is 1. The maximum absolute atomic E-state index is 12.3. The van der Waals surface area contributed by atoms with Crippen molar-refractivity contribution in [2.75, 3.05) is 31.2 Å². The molecule has 0 atom stereocenters. The van der Waals surface area contributed by atoms with Crippen LogP contribution in [0, 0.1) is 0 Å². The molecule has 7 nitrogen and oxygen atoms in total. The van der Waals surface area contributed by atoms with Crippen molar-refractivity contribution in [2.45, 2.75) is 13.0 Å². The van der Waals surface area contributed by atoms with Crippen LogP contribution in [0.1, 0.15) is 12.0 Å². The summed E-state index contributed by atoms with van der Waals surface area (Å²) in [5.41, 5.74) is 2.49. The molecule has 0 radical (unpaired) electrons. The summed E-state index contributed by atoms with van der Waals surface area (Å²) >= 11 is 11.9. The van der Waals surface area contributed by atoms with Gasteiger partial charge in [0, 0.05) is 46.9 Å². The van der Waals surface area contributed by atoms with Gasteiger partial charge in [-0.25, -0.2) is 8.42 Å². The molecule has 0 fully saturated rings. The van der Waals surface area contributed by atoms with Crippen LogP contribution in [0.2, 0.25) is 10.0 Å². The van der Waals surface area contributed by atoms with Gasteiger partial charge in [-0.1, -0.05) is 35.3 Å². The topological polar surface area (TPSA) is 91.4 Å². The monoisotopic (exact) mass is 494 g/mol. The van der Waals surface area contributed by atoms with E-state index in [0.717, 1.165) is 32.7 Å². The molecule has 0 aliphatic carbocycles. The van der Waals surface area contributed by atoms with E-state index in [9.17, 15) is 13.2 Å². The number of anilines is 1. The molecule has 2 aromatic carbocycles. The molecule has 0 aliphatic rings. The van der Waals surface area contributed by atoms with Gasteiger partial charge in [0.1, 0.15) is 0 Å². The van der Waals surface area contributed by atoms with E-state index in [1.54, 1.807) is 36.5 Å². The molecule has 32 heavy (non-hydrogen) atoms. The summed E-state index contributed by atoms with van der Waals surface area (Å²) in [5.74, 6) is -0.353. The Morgan fingerprint density at radius 3 is 2.47 bits per heavy atom. The molecular weight excluding hydrogens is 471 g/mol. The fraction of sp³-hybridized carbons (Fsp3) is 0.273. The minimum absolute atomic E-state index is 0.101. The van der Waals surface area contributed by atoms with Crippen molar-refractivity contribution in [1.82, 2.24) is 14.6 Å². The maximum Gasteiger partial charge on any atom is 0.235 e. The second-order valence-corrected chi connectivity index (χ2v) is 10.2. The van der Waals surface area contributed by atoms with E-state index in [1.807, 2.05) is 18.2 Å². The summed E-state index contributed by atoms with van der Waals surface area (Å²) in [6, 6.07) is 14.3. The fourth-order valence-electron chi connectivity index (χ4n) is 3.11. The van der Waals surface area contributed by atoms with Crippen LogP contribution >= 0.6 is 23.2 Å². The molecule has 10 heteroatoms. The van der Waals surface area contributed by atoms with Gasteiger partial charge in [-0.2, -0.15) is 4.31 Å². The van der Waals surface area contributed by atoms with Crippen molar-refractivity contribution in [3.05, 3.63) is 70.3 Å². The van der Waals surface area contributed by atoms with Gasteiger partial charge in [-0.05, 0) is 48.4 Å². The Morgan fingerprint density at radius 1 is 1.03 bits per heavy atom. The molecule has 0 unspecified atom stereocenters. The lowest BCUT2D eigenvalue weighted by Gasteiger charge is -2.19. The first-order valence-electron chi connectivity index (χ1n) is 9.97. The highest BCUT2D eigenvalue weighted by molar-refractivity contribution is 7.88. The zero-order valence-electron chi connectivity index (χ0n) is 17.5. The van der Waals surface area contributed by atoms with Crippen LogP contribution < -0.4 is 10.6 Å². The maximum atomic E-state index is 12.3. The Morgan fingerprint density at radius 2 is 1.75 bits per heavy atom. The normalized spacial score (nSPS) is 11.6. The van der Waals surface area contributed by atoms with Gasteiger partial charge in [-0.15, -0.1) is 0 Å². The third-order valence-electron chi connectivity index (χ3n) is 4.76. The zero-order valence-corrected chi connectivity index (χ0v) is 19.8. The highest BCUT2D eigenvalue weighted by Crippen LogP contribution is 2.24. The van der Waals surface area contributed by atoms with Crippen molar-refractivity contribution >= 4 is 55.7 Å². The number of nitrogens with one attached hydrogen (secondary N) is 2. The number of rotatable bonds is 10. The Hall–Kier alpha value is -2.39. The molecule has 2 N–H and O–H groups in total. The Balaban J connectivity index is 1.47. The highest BCUT2D eigenvalue weighted by Gasteiger charge is 2.20. The number of nitrogens with zero attached hydrogens (tertiary/aromatic N) is 2. The van der Waals surface area contributed by atoms with Crippen molar-refractivity contribution in [3.8, 4) is 0 Å². The van der Waals surface area contributed by atoms with E-state index >= 15 is 0 Å². The van der Waals surface area contributed by atoms with Crippen molar-refractivity contribution in [1.29, 1.82) is 0 Å². The van der Waals surface area contributed by atoms with Gasteiger partial charge in [0.15, 0.2) is 0 Å². The molecule has 0 aliphatic heterocycles. The van der Waals surface area contributed by atoms with Gasteiger partial charge >= 0.3 is 0 Å². The number of sulfonamides is 1. The average Bonchev–Trinajstić information content (AvgIpc) is 2.73. The number of carbonyl (C=O) groups is 1. The number of benzene rings is 2. The van der Waals surface area contributed by atoms with E-state index in [2.05, 4.69) is 15.6 Å². The highest BCUT2D eigenvalue weighted by atomic mass is 35.5. The van der Waals surface area contributed by atoms with Crippen LogP contribution in [0.4, 0.5) is 5.69 Å². The first-order chi connectivity index (χ1) is 15.2. The Labute approximate surface area is 197 Å². The third-order valence-corrected chi connectivity index (χ3v) is 6.44. The molecule has 1 heterocycles. The second-order valence-electron chi connectivity index (χ2n) is 7.31. The third kappa shape index (κ3) is 7.06. The summed E-state index contributed by atoms with van der Waals surface area (Å²) in [6.45, 7) is 0.899. The standard InChI is InChI=1S/C22H24Cl2N4O3S/c1-32(30,31)28(14-16-3-5-17(23)6-4-16)15-22(29)27-11-2-10-25-20-9-12-26-21-13-18(24)7-8-19(20)21/h3-9,12-13H,2,10-11,14-15H2,1H3,(H,25,26)(H,27,29). The van der Waals surface area contributed by atoms with Crippen molar-refractivity contribution in [3.63, 3.8) is 0 Å². The summed E-state index contributed by atoms with van der Waals surface area (Å²) < 4.78 is 25.3. The summed E-state index contributed by atoms with van der Waals surface area (Å²) in [6.07, 6.45) is 3.47. The van der Waals surface area contributed by atoms with E-state index in [1.165, 1.54) is 0 Å². The molecular formula is C22H24Cl2N4O3S. The van der Waals surface area contributed by atoms with E-state index in [0.29, 0.717) is 29.6 Å². The smallest absolute Gasteiger partial charge is 0.235 e. The molecule has 3 aromatic rings. The molecule has 0 saturated carbocycles. The van der Waals surface area contributed by atoms with Crippen LogP contribution in [0.25, 0.3) is 10.9 Å². The number of pyridine rings is 1. The quantitative estimate of drug-likeness (QED) is 0.416. The molecule has 0 spiro atoms. The van der Waals surface area contributed by atoms with Crippen molar-refractivity contribution < 1.29 is 13.2 Å². The summed E-state index contributed by atoms with van der Waals surface area (Å²) in [5, 5.41) is 8.26. The van der Waals surface area contributed by atoms with Gasteiger partial charge in [0.25, 0.3) is 0 Å². The number of amides is 1. The average molecular weight is 495 g/mol. The SMILES string of the molecule is CS(=O)(=O)N(CC(=O)NCCCNc1ccnc2cc(Cl)ccc12)Cc1ccc(Cl)cc1. The predicted octanol–water partition coefficient (Wildman–Crippen LogP) is 3.92. The predicted molar refractivity (Wildman–Crippen MR) is 130 cm³/mol. The van der Waals surface area contributed by atoms with Gasteiger partial charge in [0.05, 0.1) is 18.3 Å². The van der Waals surface area contributed by atoms with Crippen molar-refractivity contribution in [2.24, 2.45) is 0 Å². The molecule has 1 aromatic heterocycles. The minimum Gasteiger partial charge on any atom is -0.384 e. The van der Waals surface area contributed by atoms with Gasteiger partial charge in [0.2, 0.25) is 15.9 Å². The van der Waals surface area contributed by atoms with Crippen LogP contribution in [-0.2, 0) is 21.4 Å². The number of hydrogen-bond donors (Lipinski definition) is 2. The number of halogens is 2. The van der Waals surface area contributed by atoms with Gasteiger partial charge < -0.3 is 10.6 Å². The lowest BCUT2D eigenvalue weighted by atomic mass is 10.2. The first-order valence-corrected chi connectivity index (χ1v) is 12.6. The zero-order chi connectivity index (χ0) is 23.1. The molecule has 0 saturated heterocycles. The minimum atomic E-state index is -3.55. The molecule has 170 valence electrons. The molecule has 1 amide bonds. The van der Waals surface area contributed by atoms with E-state index in [4.69, 9.17) is 23.2 Å². The van der Waals surface area contributed by atoms with Crippen LogP contribution in [0.5, 0.6) is 0 Å². The van der Waals surface area contributed by atoms with E-state index in [-0.39, 0.29) is 19.0 Å². The number of fused-ring (bicyclic) bond motifs is 1. The largest absolute Gasteiger partial charge is 0.384 e.